The van der Waals surface area contributed by atoms with E-state index in [2.05, 4.69) is 5.32 Å². The maximum atomic E-state index is 12.3. The van der Waals surface area contributed by atoms with Crippen molar-refractivity contribution in [2.45, 2.75) is 64.1 Å². The first-order chi connectivity index (χ1) is 7.47. The summed E-state index contributed by atoms with van der Waals surface area (Å²) in [4.78, 5) is 26.1. The van der Waals surface area contributed by atoms with Gasteiger partial charge in [0.05, 0.1) is 0 Å². The van der Waals surface area contributed by atoms with E-state index in [1.54, 1.807) is 13.8 Å². The van der Waals surface area contributed by atoms with Gasteiger partial charge in [0.2, 0.25) is 11.8 Å². The van der Waals surface area contributed by atoms with Crippen LogP contribution in [0.25, 0.3) is 0 Å². The minimum atomic E-state index is -0.738. The minimum absolute atomic E-state index is 0.000926. The van der Waals surface area contributed by atoms with Crippen LogP contribution in [0, 0.1) is 0 Å². The Morgan fingerprint density at radius 2 is 2.00 bits per heavy atom. The average Bonchev–Trinajstić information content (AvgIpc) is 2.10. The molecule has 1 saturated heterocycles. The van der Waals surface area contributed by atoms with E-state index in [0.29, 0.717) is 12.5 Å². The summed E-state index contributed by atoms with van der Waals surface area (Å²) in [6.45, 7) is 5.52. The molecule has 2 rings (SSSR count). The lowest BCUT2D eigenvalue weighted by molar-refractivity contribution is -0.158. The van der Waals surface area contributed by atoms with E-state index >= 15 is 0 Å². The molecule has 2 fully saturated rings. The zero-order valence-electron chi connectivity index (χ0n) is 10.2. The molecule has 0 aromatic rings. The number of rotatable bonds is 2. The number of amides is 2. The topological polar surface area (TPSA) is 49.4 Å². The maximum absolute atomic E-state index is 12.3. The van der Waals surface area contributed by atoms with Gasteiger partial charge in [0.1, 0.15) is 11.6 Å². The Morgan fingerprint density at radius 3 is 2.44 bits per heavy atom. The van der Waals surface area contributed by atoms with Gasteiger partial charge >= 0.3 is 0 Å². The predicted octanol–water partition coefficient (Wildman–Crippen LogP) is 1.05. The Hall–Kier alpha value is -1.06. The highest BCUT2D eigenvalue weighted by molar-refractivity contribution is 5.99. The highest BCUT2D eigenvalue weighted by Crippen LogP contribution is 2.31. The quantitative estimate of drug-likeness (QED) is 0.762. The number of nitrogens with one attached hydrogen (secondary N) is 1. The van der Waals surface area contributed by atoms with Crippen molar-refractivity contribution in [3.63, 3.8) is 0 Å². The SMILES string of the molecule is CCC1C(=O)NC(C)(C)C(=O)N1C1CCC1. The molecule has 1 atom stereocenters. The highest BCUT2D eigenvalue weighted by atomic mass is 16.2. The lowest BCUT2D eigenvalue weighted by Crippen LogP contribution is -2.70. The third-order valence-corrected chi connectivity index (χ3v) is 3.70. The molecule has 0 spiro atoms. The summed E-state index contributed by atoms with van der Waals surface area (Å²) in [6.07, 6.45) is 3.97. The minimum Gasteiger partial charge on any atom is -0.340 e. The van der Waals surface area contributed by atoms with Crippen LogP contribution in [0.2, 0.25) is 0 Å². The standard InChI is InChI=1S/C12H20N2O2/c1-4-9-10(15)13-12(2,3)11(16)14(9)8-6-5-7-8/h8-9H,4-7H2,1-3H3,(H,13,15). The Morgan fingerprint density at radius 1 is 1.38 bits per heavy atom. The van der Waals surface area contributed by atoms with Crippen LogP contribution in [0.1, 0.15) is 46.5 Å². The second kappa shape index (κ2) is 3.75. The van der Waals surface area contributed by atoms with Crippen molar-refractivity contribution in [2.75, 3.05) is 0 Å². The molecule has 0 aromatic carbocycles. The molecule has 1 unspecified atom stereocenters. The van der Waals surface area contributed by atoms with Crippen LogP contribution in [0.4, 0.5) is 0 Å². The molecular formula is C12H20N2O2. The molecule has 4 nitrogen and oxygen atoms in total. The van der Waals surface area contributed by atoms with Gasteiger partial charge in [0.15, 0.2) is 0 Å². The summed E-state index contributed by atoms with van der Waals surface area (Å²) in [5.41, 5.74) is -0.738. The third-order valence-electron chi connectivity index (χ3n) is 3.70. The van der Waals surface area contributed by atoms with Gasteiger partial charge in [-0.15, -0.1) is 0 Å². The van der Waals surface area contributed by atoms with Gasteiger partial charge in [-0.2, -0.15) is 0 Å². The molecule has 90 valence electrons. The number of carbonyl (C=O) groups excluding carboxylic acids is 2. The van der Waals surface area contributed by atoms with Crippen LogP contribution >= 0.6 is 0 Å². The molecule has 1 aliphatic heterocycles. The Balaban J connectivity index is 2.26. The summed E-state index contributed by atoms with van der Waals surface area (Å²) in [5, 5.41) is 2.81. The number of hydrogen-bond acceptors (Lipinski definition) is 2. The highest BCUT2D eigenvalue weighted by Gasteiger charge is 2.47. The lowest BCUT2D eigenvalue weighted by atomic mass is 9.86. The number of hydrogen-bond donors (Lipinski definition) is 1. The third kappa shape index (κ3) is 1.60. The van der Waals surface area contributed by atoms with Gasteiger partial charge in [-0.05, 0) is 39.5 Å². The monoisotopic (exact) mass is 224 g/mol. The smallest absolute Gasteiger partial charge is 0.248 e. The van der Waals surface area contributed by atoms with Crippen LogP contribution < -0.4 is 5.32 Å². The van der Waals surface area contributed by atoms with Crippen molar-refractivity contribution < 1.29 is 9.59 Å². The Labute approximate surface area is 96.4 Å². The van der Waals surface area contributed by atoms with Crippen molar-refractivity contribution >= 4 is 11.8 Å². The second-order valence-electron chi connectivity index (χ2n) is 5.34. The van der Waals surface area contributed by atoms with Crippen LogP contribution in [0.15, 0.2) is 0 Å². The maximum Gasteiger partial charge on any atom is 0.248 e. The van der Waals surface area contributed by atoms with E-state index in [0.717, 1.165) is 12.8 Å². The lowest BCUT2D eigenvalue weighted by Gasteiger charge is -2.49. The van der Waals surface area contributed by atoms with E-state index in [4.69, 9.17) is 0 Å². The van der Waals surface area contributed by atoms with Gasteiger partial charge in [0, 0.05) is 6.04 Å². The van der Waals surface area contributed by atoms with E-state index < -0.39 is 5.54 Å². The van der Waals surface area contributed by atoms with Crippen LogP contribution in [-0.4, -0.2) is 34.3 Å². The molecule has 0 radical (unpaired) electrons. The largest absolute Gasteiger partial charge is 0.340 e. The fraction of sp³-hybridized carbons (Fsp3) is 0.833. The average molecular weight is 224 g/mol. The summed E-state index contributed by atoms with van der Waals surface area (Å²) in [6, 6.07) is 0.0357. The molecule has 16 heavy (non-hydrogen) atoms. The molecule has 1 N–H and O–H groups in total. The van der Waals surface area contributed by atoms with Crippen molar-refractivity contribution in [3.05, 3.63) is 0 Å². The second-order valence-corrected chi connectivity index (χ2v) is 5.34. The van der Waals surface area contributed by atoms with Gasteiger partial charge in [-0.3, -0.25) is 9.59 Å². The Kier molecular flexibility index (Phi) is 2.68. The Bertz CT molecular complexity index is 321. The molecule has 0 aromatic heterocycles. The number of piperazine rings is 1. The van der Waals surface area contributed by atoms with Crippen LogP contribution in [-0.2, 0) is 9.59 Å². The van der Waals surface area contributed by atoms with E-state index in [9.17, 15) is 9.59 Å². The molecule has 0 bridgehead atoms. The molecule has 1 saturated carbocycles. The first kappa shape index (κ1) is 11.4. The summed E-state index contributed by atoms with van der Waals surface area (Å²) >= 11 is 0. The van der Waals surface area contributed by atoms with E-state index in [1.165, 1.54) is 6.42 Å². The van der Waals surface area contributed by atoms with Crippen molar-refractivity contribution in [3.8, 4) is 0 Å². The van der Waals surface area contributed by atoms with Crippen LogP contribution in [0.3, 0.4) is 0 Å². The fourth-order valence-corrected chi connectivity index (χ4v) is 2.50. The molecular weight excluding hydrogens is 204 g/mol. The van der Waals surface area contributed by atoms with Gasteiger partial charge < -0.3 is 10.2 Å². The van der Waals surface area contributed by atoms with E-state index in [-0.39, 0.29) is 17.9 Å². The molecule has 1 aliphatic carbocycles. The van der Waals surface area contributed by atoms with Crippen molar-refractivity contribution in [1.29, 1.82) is 0 Å². The zero-order chi connectivity index (χ0) is 11.9. The molecule has 2 aliphatic rings. The predicted molar refractivity (Wildman–Crippen MR) is 60.8 cm³/mol. The molecule has 1 heterocycles. The van der Waals surface area contributed by atoms with Crippen molar-refractivity contribution in [2.24, 2.45) is 0 Å². The summed E-state index contributed by atoms with van der Waals surface area (Å²) in [7, 11) is 0. The van der Waals surface area contributed by atoms with Gasteiger partial charge in [-0.1, -0.05) is 6.92 Å². The van der Waals surface area contributed by atoms with Gasteiger partial charge in [0.25, 0.3) is 0 Å². The summed E-state index contributed by atoms with van der Waals surface area (Å²) in [5.74, 6) is 0.0719. The van der Waals surface area contributed by atoms with Crippen molar-refractivity contribution in [1.82, 2.24) is 10.2 Å². The zero-order valence-corrected chi connectivity index (χ0v) is 10.2. The summed E-state index contributed by atoms with van der Waals surface area (Å²) < 4.78 is 0. The van der Waals surface area contributed by atoms with E-state index in [1.807, 2.05) is 11.8 Å². The molecule has 2 amide bonds. The van der Waals surface area contributed by atoms with Crippen LogP contribution in [0.5, 0.6) is 0 Å². The normalized spacial score (nSPS) is 29.9. The van der Waals surface area contributed by atoms with Gasteiger partial charge in [-0.25, -0.2) is 0 Å². The first-order valence-electron chi connectivity index (χ1n) is 6.12. The number of carbonyl (C=O) groups is 2. The molecule has 4 heteroatoms. The first-order valence-corrected chi connectivity index (χ1v) is 6.12. The fourth-order valence-electron chi connectivity index (χ4n) is 2.50. The number of nitrogens with zero attached hydrogens (tertiary/aromatic N) is 1.